The number of β-lactam (4-membered cyclic amide) rings is 1. The summed E-state index contributed by atoms with van der Waals surface area (Å²) in [4.78, 5) is 23.9. The minimum absolute atomic E-state index is 0.0359. The second-order valence-corrected chi connectivity index (χ2v) is 4.98. The predicted octanol–water partition coefficient (Wildman–Crippen LogP) is 0.261. The second kappa shape index (κ2) is 4.15. The summed E-state index contributed by atoms with van der Waals surface area (Å²) in [5.74, 6) is -0.520. The topological polar surface area (TPSA) is 82.5 Å². The average Bonchev–Trinajstić information content (AvgIpc) is 2.27. The van der Waals surface area contributed by atoms with Crippen molar-refractivity contribution in [2.75, 3.05) is 6.61 Å². The van der Waals surface area contributed by atoms with Gasteiger partial charge in [0, 0.05) is 19.7 Å². The van der Waals surface area contributed by atoms with Gasteiger partial charge < -0.3 is 10.1 Å². The van der Waals surface area contributed by atoms with Crippen LogP contribution in [-0.4, -0.2) is 39.5 Å². The van der Waals surface area contributed by atoms with Crippen molar-refractivity contribution in [1.82, 2.24) is 10.2 Å². The van der Waals surface area contributed by atoms with E-state index >= 15 is 0 Å². The van der Waals surface area contributed by atoms with Crippen molar-refractivity contribution in [3.8, 4) is 0 Å². The lowest BCUT2D eigenvalue weighted by Gasteiger charge is -2.46. The molecule has 1 saturated heterocycles. The van der Waals surface area contributed by atoms with E-state index in [1.165, 1.54) is 23.6 Å². The highest BCUT2D eigenvalue weighted by Crippen LogP contribution is 2.41. The number of rotatable bonds is 3. The molecule has 2 N–H and O–H groups in total. The van der Waals surface area contributed by atoms with Gasteiger partial charge in [-0.2, -0.15) is 0 Å². The summed E-state index contributed by atoms with van der Waals surface area (Å²) in [6.45, 7) is 3.64. The van der Waals surface area contributed by atoms with E-state index in [2.05, 4.69) is 5.32 Å². The van der Waals surface area contributed by atoms with Crippen molar-refractivity contribution in [1.29, 1.82) is 5.41 Å². The molecule has 2 heterocycles. The first-order valence-corrected chi connectivity index (χ1v) is 6.08. The number of nitrogens with one attached hydrogen (secondary N) is 2. The first-order valence-electron chi connectivity index (χ1n) is 5.20. The van der Waals surface area contributed by atoms with E-state index in [-0.39, 0.29) is 22.9 Å². The molecule has 6 nitrogen and oxygen atoms in total. The lowest BCUT2D eigenvalue weighted by Crippen LogP contribution is -2.63. The normalized spacial score (nSPS) is 30.9. The fourth-order valence-electron chi connectivity index (χ4n) is 1.72. The summed E-state index contributed by atoms with van der Waals surface area (Å²) >= 11 is 1.23. The maximum atomic E-state index is 11.3. The molecule has 0 aromatic rings. The van der Waals surface area contributed by atoms with Crippen molar-refractivity contribution in [3.63, 3.8) is 0 Å². The summed E-state index contributed by atoms with van der Waals surface area (Å²) in [5, 5.41) is 8.89. The highest BCUT2D eigenvalue weighted by molar-refractivity contribution is 8.02. The lowest BCUT2D eigenvalue weighted by atomic mass is 10.1. The minimum Gasteiger partial charge on any atom is -0.343 e. The molecule has 2 atom stereocenters. The zero-order chi connectivity index (χ0) is 12.6. The summed E-state index contributed by atoms with van der Waals surface area (Å²) in [5.41, 5.74) is 0.0359. The van der Waals surface area contributed by atoms with Crippen molar-refractivity contribution >= 4 is 29.3 Å². The zero-order valence-corrected chi connectivity index (χ0v) is 10.3. The second-order valence-electron chi connectivity index (χ2n) is 3.69. The number of hydrogen-bond acceptors (Lipinski definition) is 5. The Labute approximate surface area is 103 Å². The quantitative estimate of drug-likeness (QED) is 0.560. The van der Waals surface area contributed by atoms with Gasteiger partial charge in [-0.25, -0.2) is 0 Å². The van der Waals surface area contributed by atoms with Crippen LogP contribution in [0.1, 0.15) is 13.8 Å². The Kier molecular flexibility index (Phi) is 2.96. The fourth-order valence-corrected chi connectivity index (χ4v) is 3.08. The van der Waals surface area contributed by atoms with Gasteiger partial charge in [-0.05, 0) is 13.0 Å². The molecule has 2 aliphatic rings. The van der Waals surface area contributed by atoms with Crippen LogP contribution in [0.3, 0.4) is 0 Å². The summed E-state index contributed by atoms with van der Waals surface area (Å²) < 4.78 is 5.53. The van der Waals surface area contributed by atoms with Crippen LogP contribution < -0.4 is 5.32 Å². The van der Waals surface area contributed by atoms with Gasteiger partial charge in [-0.3, -0.25) is 19.9 Å². The Morgan fingerprint density at radius 2 is 2.47 bits per heavy atom. The molecule has 0 bridgehead atoms. The van der Waals surface area contributed by atoms with Gasteiger partial charge >= 0.3 is 0 Å². The molecule has 2 amide bonds. The summed E-state index contributed by atoms with van der Waals surface area (Å²) in [6, 6.07) is 0. The molecular weight excluding hydrogens is 242 g/mol. The third kappa shape index (κ3) is 1.96. The molecule has 2 rings (SSSR count). The molecule has 2 aliphatic heterocycles. The van der Waals surface area contributed by atoms with E-state index in [1.807, 2.05) is 6.92 Å². The first kappa shape index (κ1) is 12.1. The van der Waals surface area contributed by atoms with Gasteiger partial charge in [-0.15, -0.1) is 0 Å². The number of hydrogen-bond donors (Lipinski definition) is 2. The molecule has 7 heteroatoms. The number of nitrogens with zero attached hydrogens (tertiary/aromatic N) is 1. The van der Waals surface area contributed by atoms with Crippen LogP contribution in [0.5, 0.6) is 0 Å². The zero-order valence-electron chi connectivity index (χ0n) is 9.52. The Hall–Kier alpha value is -1.34. The average molecular weight is 255 g/mol. The molecule has 1 fully saturated rings. The van der Waals surface area contributed by atoms with E-state index in [0.717, 1.165) is 0 Å². The predicted molar refractivity (Wildman–Crippen MR) is 63.3 cm³/mol. The summed E-state index contributed by atoms with van der Waals surface area (Å²) in [6.07, 6.45) is 3.19. The maximum Gasteiger partial charge on any atom is 0.275 e. The van der Waals surface area contributed by atoms with Crippen LogP contribution >= 0.6 is 11.8 Å². The van der Waals surface area contributed by atoms with E-state index < -0.39 is 5.06 Å². The smallest absolute Gasteiger partial charge is 0.275 e. The van der Waals surface area contributed by atoms with Crippen LogP contribution in [0.15, 0.2) is 12.3 Å². The minimum atomic E-state index is -0.977. The largest absolute Gasteiger partial charge is 0.343 e. The standard InChI is InChI=1S/C10H13N3O3S/c1-3-16-10(12-6(2)14)4-5-13-8(15)7(11)9(13)17-10/h4-5,9,11H,3H2,1-2H3,(H,12,14)/t9-,10?/m1/s1. The first-order chi connectivity index (χ1) is 7.99. The third-order valence-corrected chi connectivity index (χ3v) is 3.81. The van der Waals surface area contributed by atoms with E-state index in [4.69, 9.17) is 10.1 Å². The van der Waals surface area contributed by atoms with Crippen molar-refractivity contribution in [3.05, 3.63) is 12.3 Å². The molecular formula is C10H13N3O3S. The van der Waals surface area contributed by atoms with Crippen LogP contribution in [0, 0.1) is 5.41 Å². The number of amides is 2. The van der Waals surface area contributed by atoms with Crippen molar-refractivity contribution < 1.29 is 14.3 Å². The van der Waals surface area contributed by atoms with Gasteiger partial charge in [0.05, 0.1) is 0 Å². The lowest BCUT2D eigenvalue weighted by molar-refractivity contribution is -0.125. The molecule has 1 unspecified atom stereocenters. The molecule has 0 aromatic carbocycles. The Bertz CT molecular complexity index is 423. The van der Waals surface area contributed by atoms with Crippen molar-refractivity contribution in [2.45, 2.75) is 24.3 Å². The molecule has 0 radical (unpaired) electrons. The van der Waals surface area contributed by atoms with Crippen LogP contribution in [0.2, 0.25) is 0 Å². The van der Waals surface area contributed by atoms with Crippen LogP contribution in [-0.2, 0) is 14.3 Å². The highest BCUT2D eigenvalue weighted by atomic mass is 32.2. The Morgan fingerprint density at radius 1 is 1.76 bits per heavy atom. The molecule has 17 heavy (non-hydrogen) atoms. The Morgan fingerprint density at radius 3 is 3.06 bits per heavy atom. The number of carbonyl (C=O) groups excluding carboxylic acids is 2. The molecule has 0 saturated carbocycles. The molecule has 0 aliphatic carbocycles. The third-order valence-electron chi connectivity index (χ3n) is 2.41. The summed E-state index contributed by atoms with van der Waals surface area (Å²) in [7, 11) is 0. The SMILES string of the molecule is CCOC1(NC(C)=O)C=CN2C(=O)C(=N)[C@H]2S1. The number of carbonyl (C=O) groups is 2. The number of fused-ring (bicyclic) bond motifs is 1. The van der Waals surface area contributed by atoms with Gasteiger partial charge in [0.1, 0.15) is 11.1 Å². The van der Waals surface area contributed by atoms with Crippen LogP contribution in [0.25, 0.3) is 0 Å². The van der Waals surface area contributed by atoms with Crippen LogP contribution in [0.4, 0.5) is 0 Å². The molecule has 0 aromatic heterocycles. The molecule has 92 valence electrons. The monoisotopic (exact) mass is 255 g/mol. The van der Waals surface area contributed by atoms with Gasteiger partial charge in [0.25, 0.3) is 5.91 Å². The van der Waals surface area contributed by atoms with E-state index in [1.54, 1.807) is 12.3 Å². The van der Waals surface area contributed by atoms with Gasteiger partial charge in [0.15, 0.2) is 0 Å². The van der Waals surface area contributed by atoms with E-state index in [9.17, 15) is 9.59 Å². The maximum absolute atomic E-state index is 11.3. The number of thioether (sulfide) groups is 1. The van der Waals surface area contributed by atoms with Gasteiger partial charge in [0.2, 0.25) is 11.0 Å². The highest BCUT2D eigenvalue weighted by Gasteiger charge is 2.50. The van der Waals surface area contributed by atoms with Gasteiger partial charge in [-0.1, -0.05) is 11.8 Å². The number of ether oxygens (including phenoxy) is 1. The van der Waals surface area contributed by atoms with Crippen molar-refractivity contribution in [2.24, 2.45) is 0 Å². The van der Waals surface area contributed by atoms with E-state index in [0.29, 0.717) is 6.61 Å². The Balaban J connectivity index is 2.22. The fraction of sp³-hybridized carbons (Fsp3) is 0.500. The molecule has 0 spiro atoms.